The maximum absolute atomic E-state index is 13.0. The number of hydrogen-bond donors (Lipinski definition) is 0. The zero-order valence-electron chi connectivity index (χ0n) is 14.4. The Balaban J connectivity index is 1.52. The molecule has 4 heterocycles. The van der Waals surface area contributed by atoms with Crippen molar-refractivity contribution >= 4 is 44.3 Å². The third-order valence-electron chi connectivity index (χ3n) is 4.40. The van der Waals surface area contributed by atoms with E-state index in [-0.39, 0.29) is 4.75 Å². The lowest BCUT2D eigenvalue weighted by molar-refractivity contribution is -0.134. The van der Waals surface area contributed by atoms with E-state index >= 15 is 0 Å². The lowest BCUT2D eigenvalue weighted by Crippen LogP contribution is -2.48. The zero-order valence-corrected chi connectivity index (χ0v) is 16.0. The molecule has 10 heteroatoms. The highest BCUT2D eigenvalue weighted by molar-refractivity contribution is 8.15. The number of anilines is 1. The van der Waals surface area contributed by atoms with Crippen molar-refractivity contribution in [3.05, 3.63) is 17.3 Å². The van der Waals surface area contributed by atoms with Crippen molar-refractivity contribution in [2.45, 2.75) is 24.8 Å². The van der Waals surface area contributed by atoms with Crippen LogP contribution in [0.2, 0.25) is 0 Å². The van der Waals surface area contributed by atoms with E-state index in [0.29, 0.717) is 40.5 Å². The van der Waals surface area contributed by atoms with Crippen LogP contribution < -0.4 is 4.90 Å². The molecule has 26 heavy (non-hydrogen) atoms. The Hall–Kier alpha value is -1.55. The van der Waals surface area contributed by atoms with Crippen LogP contribution in [0.5, 0.6) is 0 Å². The minimum atomic E-state index is -4.36. The molecular weight excluding hydrogens is 383 g/mol. The van der Waals surface area contributed by atoms with E-state index in [2.05, 4.69) is 33.7 Å². The van der Waals surface area contributed by atoms with Crippen LogP contribution in [0.25, 0.3) is 10.2 Å². The largest absolute Gasteiger partial charge is 0.425 e. The highest BCUT2D eigenvalue weighted by Crippen LogP contribution is 2.40. The molecule has 2 aromatic rings. The summed E-state index contributed by atoms with van der Waals surface area (Å²) in [6.07, 6.45) is -3.01. The Bertz CT molecular complexity index is 853. The predicted octanol–water partition coefficient (Wildman–Crippen LogP) is 3.71. The molecule has 0 spiro atoms. The predicted molar refractivity (Wildman–Crippen MR) is 100 cm³/mol. The molecule has 140 valence electrons. The van der Waals surface area contributed by atoms with Crippen molar-refractivity contribution < 1.29 is 13.2 Å². The molecule has 0 N–H and O–H groups in total. The highest BCUT2D eigenvalue weighted by Gasteiger charge is 2.35. The molecule has 1 saturated heterocycles. The summed E-state index contributed by atoms with van der Waals surface area (Å²) < 4.78 is 39.2. The summed E-state index contributed by atoms with van der Waals surface area (Å²) in [5.41, 5.74) is 0. The molecule has 5 nitrogen and oxygen atoms in total. The third kappa shape index (κ3) is 3.36. The minimum Gasteiger partial charge on any atom is -0.352 e. The van der Waals surface area contributed by atoms with Gasteiger partial charge < -0.3 is 9.80 Å². The van der Waals surface area contributed by atoms with E-state index in [1.807, 2.05) is 4.90 Å². The van der Waals surface area contributed by atoms with Gasteiger partial charge in [0.05, 0.1) is 11.9 Å². The van der Waals surface area contributed by atoms with Gasteiger partial charge in [-0.2, -0.15) is 13.2 Å². The fraction of sp³-hybridized carbons (Fsp3) is 0.562. The number of aromatic nitrogens is 2. The van der Waals surface area contributed by atoms with Gasteiger partial charge in [0, 0.05) is 30.9 Å². The van der Waals surface area contributed by atoms with Gasteiger partial charge in [-0.15, -0.1) is 11.3 Å². The van der Waals surface area contributed by atoms with Gasteiger partial charge in [0.1, 0.15) is 21.9 Å². The summed E-state index contributed by atoms with van der Waals surface area (Å²) in [4.78, 5) is 17.0. The van der Waals surface area contributed by atoms with Gasteiger partial charge in [-0.1, -0.05) is 11.8 Å². The second-order valence-corrected chi connectivity index (χ2v) is 9.66. The third-order valence-corrected chi connectivity index (χ3v) is 6.74. The SMILES string of the molecule is CC1(C)CN=C(N2CCN(c3ncnc4sc(C(F)(F)F)cc34)CC2)S1. The van der Waals surface area contributed by atoms with Crippen molar-refractivity contribution in [1.29, 1.82) is 0 Å². The molecule has 1 fully saturated rings. The van der Waals surface area contributed by atoms with Crippen molar-refractivity contribution in [2.75, 3.05) is 37.6 Å². The van der Waals surface area contributed by atoms with Crippen LogP contribution in [0, 0.1) is 0 Å². The summed E-state index contributed by atoms with van der Waals surface area (Å²) >= 11 is 2.46. The number of fused-ring (bicyclic) bond motifs is 1. The standard InChI is InChI=1S/C16H18F3N5S2/c1-15(2)8-20-14(26-15)24-5-3-23(4-6-24)12-10-7-11(16(17,18)19)25-13(10)22-9-21-12/h7,9H,3-6,8H2,1-2H3. The molecule has 0 atom stereocenters. The van der Waals surface area contributed by atoms with Gasteiger partial charge in [0.2, 0.25) is 0 Å². The molecule has 0 unspecified atom stereocenters. The first-order valence-electron chi connectivity index (χ1n) is 8.28. The average Bonchev–Trinajstić information content (AvgIpc) is 3.17. The number of alkyl halides is 3. The van der Waals surface area contributed by atoms with Gasteiger partial charge >= 0.3 is 6.18 Å². The molecule has 0 bridgehead atoms. The van der Waals surface area contributed by atoms with Crippen LogP contribution in [0.4, 0.5) is 19.0 Å². The van der Waals surface area contributed by atoms with Crippen molar-refractivity contribution in [3.63, 3.8) is 0 Å². The van der Waals surface area contributed by atoms with Gasteiger partial charge in [-0.3, -0.25) is 4.99 Å². The number of rotatable bonds is 1. The van der Waals surface area contributed by atoms with Crippen LogP contribution in [-0.4, -0.2) is 57.5 Å². The van der Waals surface area contributed by atoms with Crippen LogP contribution in [0.3, 0.4) is 0 Å². The summed E-state index contributed by atoms with van der Waals surface area (Å²) in [6.45, 7) is 8.13. The second kappa shape index (κ2) is 6.26. The number of piperazine rings is 1. The fourth-order valence-electron chi connectivity index (χ4n) is 3.08. The Morgan fingerprint density at radius 1 is 1.08 bits per heavy atom. The number of nitrogens with zero attached hydrogens (tertiary/aromatic N) is 5. The maximum atomic E-state index is 13.0. The zero-order chi connectivity index (χ0) is 18.5. The van der Waals surface area contributed by atoms with Crippen molar-refractivity contribution in [2.24, 2.45) is 4.99 Å². The molecule has 0 saturated carbocycles. The van der Waals surface area contributed by atoms with Gasteiger partial charge in [-0.05, 0) is 19.9 Å². The molecule has 0 radical (unpaired) electrons. The number of halogens is 3. The summed E-state index contributed by atoms with van der Waals surface area (Å²) in [5.74, 6) is 0.586. The van der Waals surface area contributed by atoms with E-state index in [9.17, 15) is 13.2 Å². The molecule has 0 amide bonds. The second-order valence-electron chi connectivity index (χ2n) is 6.96. The maximum Gasteiger partial charge on any atom is 0.425 e. The van der Waals surface area contributed by atoms with E-state index in [1.165, 1.54) is 12.4 Å². The van der Waals surface area contributed by atoms with Crippen LogP contribution in [0.1, 0.15) is 18.7 Å². The first kappa shape index (κ1) is 17.8. The molecule has 2 aliphatic rings. The number of thioether (sulfide) groups is 1. The number of aliphatic imine (C=N–C) groups is 1. The molecular formula is C16H18F3N5S2. The van der Waals surface area contributed by atoms with Crippen molar-refractivity contribution in [1.82, 2.24) is 14.9 Å². The number of thiophene rings is 1. The highest BCUT2D eigenvalue weighted by atomic mass is 32.2. The average molecular weight is 401 g/mol. The van der Waals surface area contributed by atoms with E-state index in [0.717, 1.165) is 24.8 Å². The Kier molecular flexibility index (Phi) is 4.30. The first-order chi connectivity index (χ1) is 12.2. The molecule has 0 aliphatic carbocycles. The summed E-state index contributed by atoms with van der Waals surface area (Å²) in [5, 5.41) is 1.55. The van der Waals surface area contributed by atoms with Gasteiger partial charge in [0.25, 0.3) is 0 Å². The molecule has 2 aliphatic heterocycles. The van der Waals surface area contributed by atoms with Gasteiger partial charge in [-0.25, -0.2) is 9.97 Å². The normalized spacial score (nSPS) is 20.7. The monoisotopic (exact) mass is 401 g/mol. The lowest BCUT2D eigenvalue weighted by atomic mass is 10.2. The summed E-state index contributed by atoms with van der Waals surface area (Å²) in [7, 11) is 0. The molecule has 4 rings (SSSR count). The van der Waals surface area contributed by atoms with Crippen LogP contribution in [-0.2, 0) is 6.18 Å². The smallest absolute Gasteiger partial charge is 0.352 e. The number of hydrogen-bond acceptors (Lipinski definition) is 7. The van der Waals surface area contributed by atoms with Crippen LogP contribution >= 0.6 is 23.1 Å². The van der Waals surface area contributed by atoms with Crippen molar-refractivity contribution in [3.8, 4) is 0 Å². The number of amidine groups is 1. The fourth-order valence-corrected chi connectivity index (χ4v) is 5.00. The van der Waals surface area contributed by atoms with E-state index in [1.54, 1.807) is 11.8 Å². The van der Waals surface area contributed by atoms with Gasteiger partial charge in [0.15, 0.2) is 5.17 Å². The van der Waals surface area contributed by atoms with Crippen LogP contribution in [0.15, 0.2) is 17.4 Å². The Morgan fingerprint density at radius 2 is 1.77 bits per heavy atom. The topological polar surface area (TPSA) is 44.6 Å². The summed E-state index contributed by atoms with van der Waals surface area (Å²) in [6, 6.07) is 1.17. The lowest BCUT2D eigenvalue weighted by Gasteiger charge is -2.36. The Labute approximate surface area is 157 Å². The quantitative estimate of drug-likeness (QED) is 0.729. The molecule has 2 aromatic heterocycles. The van der Waals surface area contributed by atoms with E-state index < -0.39 is 11.1 Å². The first-order valence-corrected chi connectivity index (χ1v) is 9.91. The Morgan fingerprint density at radius 3 is 2.38 bits per heavy atom. The molecule has 0 aromatic carbocycles. The minimum absolute atomic E-state index is 0.135. The van der Waals surface area contributed by atoms with E-state index in [4.69, 9.17) is 0 Å².